The lowest BCUT2D eigenvalue weighted by Crippen LogP contribution is -2.80. The summed E-state index contributed by atoms with van der Waals surface area (Å²) in [7, 11) is -3.18. The minimum atomic E-state index is -3.18. The van der Waals surface area contributed by atoms with Crippen LogP contribution in [0.5, 0.6) is 0 Å². The van der Waals surface area contributed by atoms with Gasteiger partial charge in [0, 0.05) is 57.7 Å². The number of sulfonamides is 1. The van der Waals surface area contributed by atoms with Crippen molar-refractivity contribution in [3.05, 3.63) is 30.1 Å². The third-order valence-corrected chi connectivity index (χ3v) is 6.57. The summed E-state index contributed by atoms with van der Waals surface area (Å²) in [5, 5.41) is 0. The first-order valence-electron chi connectivity index (χ1n) is 8.37. The van der Waals surface area contributed by atoms with Gasteiger partial charge in [0.25, 0.3) is 0 Å². The molecular formula is C16H24N4O3S. The number of aromatic nitrogens is 1. The van der Waals surface area contributed by atoms with Crippen molar-refractivity contribution < 1.29 is 13.2 Å². The topological polar surface area (TPSA) is 66.0 Å². The molecule has 3 saturated heterocycles. The molecule has 3 fully saturated rings. The van der Waals surface area contributed by atoms with Crippen LogP contribution in [0.4, 0.5) is 0 Å². The van der Waals surface area contributed by atoms with Crippen molar-refractivity contribution in [1.29, 1.82) is 0 Å². The van der Waals surface area contributed by atoms with E-state index < -0.39 is 10.0 Å². The highest BCUT2D eigenvalue weighted by Gasteiger charge is 2.55. The van der Waals surface area contributed by atoms with Crippen LogP contribution >= 0.6 is 0 Å². The van der Waals surface area contributed by atoms with E-state index in [9.17, 15) is 8.42 Å². The summed E-state index contributed by atoms with van der Waals surface area (Å²) >= 11 is 0. The molecule has 0 bridgehead atoms. The molecule has 0 saturated carbocycles. The fourth-order valence-electron chi connectivity index (χ4n) is 4.33. The first-order valence-corrected chi connectivity index (χ1v) is 10.2. The first-order chi connectivity index (χ1) is 11.5. The van der Waals surface area contributed by atoms with Crippen molar-refractivity contribution in [2.45, 2.75) is 18.1 Å². The summed E-state index contributed by atoms with van der Waals surface area (Å²) in [6.07, 6.45) is 4.99. The number of hydrogen-bond donors (Lipinski definition) is 0. The molecule has 1 aromatic rings. The minimum Gasteiger partial charge on any atom is -0.378 e. The Kier molecular flexibility index (Phi) is 4.12. The summed E-state index contributed by atoms with van der Waals surface area (Å²) in [6, 6.07) is 4.21. The summed E-state index contributed by atoms with van der Waals surface area (Å²) in [4.78, 5) is 9.04. The second kappa shape index (κ2) is 6.03. The van der Waals surface area contributed by atoms with E-state index in [2.05, 4.69) is 20.9 Å². The molecular weight excluding hydrogens is 328 g/mol. The second-order valence-corrected chi connectivity index (χ2v) is 9.19. The SMILES string of the molecule is CS(=O)(=O)N1CC2COCCN2C2(CN(Cc3cccnc3)C2)C1. The Labute approximate surface area is 143 Å². The number of nitrogens with zero attached hydrogens (tertiary/aromatic N) is 4. The number of rotatable bonds is 3. The van der Waals surface area contributed by atoms with Crippen molar-refractivity contribution in [3.63, 3.8) is 0 Å². The van der Waals surface area contributed by atoms with Gasteiger partial charge in [0.1, 0.15) is 0 Å². The van der Waals surface area contributed by atoms with E-state index in [1.165, 1.54) is 11.8 Å². The molecule has 1 atom stereocenters. The molecule has 4 heterocycles. The molecule has 0 radical (unpaired) electrons. The maximum absolute atomic E-state index is 12.1. The van der Waals surface area contributed by atoms with Gasteiger partial charge in [-0.1, -0.05) is 6.07 Å². The van der Waals surface area contributed by atoms with Crippen LogP contribution in [-0.4, -0.2) is 91.3 Å². The van der Waals surface area contributed by atoms with Gasteiger partial charge in [-0.05, 0) is 11.6 Å². The fourth-order valence-corrected chi connectivity index (χ4v) is 5.25. The molecule has 0 aromatic carbocycles. The number of ether oxygens (including phenoxy) is 1. The van der Waals surface area contributed by atoms with Crippen molar-refractivity contribution in [2.24, 2.45) is 0 Å². The summed E-state index contributed by atoms with van der Waals surface area (Å²) in [5.74, 6) is 0. The zero-order valence-corrected chi connectivity index (χ0v) is 14.8. The Hall–Kier alpha value is -1.06. The molecule has 7 nitrogen and oxygen atoms in total. The van der Waals surface area contributed by atoms with Crippen LogP contribution in [0.25, 0.3) is 0 Å². The quantitative estimate of drug-likeness (QED) is 0.738. The first kappa shape index (κ1) is 16.4. The Morgan fingerprint density at radius 1 is 1.38 bits per heavy atom. The van der Waals surface area contributed by atoms with Gasteiger partial charge < -0.3 is 4.74 Å². The Bertz CT molecular complexity index is 691. The number of pyridine rings is 1. The molecule has 1 aromatic heterocycles. The minimum absolute atomic E-state index is 0.0714. The molecule has 24 heavy (non-hydrogen) atoms. The third kappa shape index (κ3) is 2.97. The van der Waals surface area contributed by atoms with Crippen molar-refractivity contribution in [3.8, 4) is 0 Å². The van der Waals surface area contributed by atoms with E-state index in [-0.39, 0.29) is 11.6 Å². The van der Waals surface area contributed by atoms with Gasteiger partial charge in [0.15, 0.2) is 0 Å². The Morgan fingerprint density at radius 2 is 2.21 bits per heavy atom. The van der Waals surface area contributed by atoms with E-state index >= 15 is 0 Å². The van der Waals surface area contributed by atoms with Gasteiger partial charge in [0.05, 0.1) is 25.0 Å². The van der Waals surface area contributed by atoms with Gasteiger partial charge in [-0.15, -0.1) is 0 Å². The van der Waals surface area contributed by atoms with Crippen LogP contribution < -0.4 is 0 Å². The molecule has 3 aliphatic rings. The number of morpholine rings is 1. The zero-order valence-electron chi connectivity index (χ0n) is 14.0. The predicted octanol–water partition coefficient (Wildman–Crippen LogP) is -0.388. The lowest BCUT2D eigenvalue weighted by atomic mass is 9.83. The highest BCUT2D eigenvalue weighted by Crippen LogP contribution is 2.36. The maximum atomic E-state index is 12.1. The number of likely N-dealkylation sites (tertiary alicyclic amines) is 1. The van der Waals surface area contributed by atoms with E-state index in [0.29, 0.717) is 19.7 Å². The normalized spacial score (nSPS) is 28.5. The molecule has 4 rings (SSSR count). The summed E-state index contributed by atoms with van der Waals surface area (Å²) in [5.41, 5.74) is 1.12. The van der Waals surface area contributed by atoms with Crippen LogP contribution in [0.2, 0.25) is 0 Å². The van der Waals surface area contributed by atoms with Crippen molar-refractivity contribution in [1.82, 2.24) is 19.1 Å². The van der Waals surface area contributed by atoms with Gasteiger partial charge in [-0.2, -0.15) is 4.31 Å². The van der Waals surface area contributed by atoms with Crippen molar-refractivity contribution >= 4 is 10.0 Å². The lowest BCUT2D eigenvalue weighted by Gasteiger charge is -2.63. The highest BCUT2D eigenvalue weighted by atomic mass is 32.2. The number of piperazine rings is 1. The van der Waals surface area contributed by atoms with Crippen LogP contribution in [0.15, 0.2) is 24.5 Å². The van der Waals surface area contributed by atoms with Crippen LogP contribution in [0.3, 0.4) is 0 Å². The van der Waals surface area contributed by atoms with Crippen molar-refractivity contribution in [2.75, 3.05) is 52.2 Å². The van der Waals surface area contributed by atoms with Gasteiger partial charge in [-0.3, -0.25) is 14.8 Å². The van der Waals surface area contributed by atoms with Gasteiger partial charge in [-0.25, -0.2) is 8.42 Å². The average Bonchev–Trinajstić information content (AvgIpc) is 2.53. The standard InChI is InChI=1S/C16H24N4O3S/c1-24(21,22)19-9-15-10-23-6-5-20(15)16(13-19)11-18(12-16)8-14-3-2-4-17-7-14/h2-4,7,15H,5-6,8-13H2,1H3. The molecule has 1 unspecified atom stereocenters. The molecule has 8 heteroatoms. The van der Waals surface area contributed by atoms with Crippen LogP contribution in [0, 0.1) is 0 Å². The largest absolute Gasteiger partial charge is 0.378 e. The van der Waals surface area contributed by atoms with Crippen LogP contribution in [-0.2, 0) is 21.3 Å². The monoisotopic (exact) mass is 352 g/mol. The molecule has 3 aliphatic heterocycles. The van der Waals surface area contributed by atoms with Gasteiger partial charge >= 0.3 is 0 Å². The number of hydrogen-bond acceptors (Lipinski definition) is 6. The smallest absolute Gasteiger partial charge is 0.211 e. The molecule has 1 spiro atoms. The molecule has 0 amide bonds. The maximum Gasteiger partial charge on any atom is 0.211 e. The second-order valence-electron chi connectivity index (χ2n) is 7.21. The summed E-state index contributed by atoms with van der Waals surface area (Å²) < 4.78 is 31.5. The fraction of sp³-hybridized carbons (Fsp3) is 0.688. The predicted molar refractivity (Wildman–Crippen MR) is 90.0 cm³/mol. The van der Waals surface area contributed by atoms with Crippen LogP contribution in [0.1, 0.15) is 5.56 Å². The third-order valence-electron chi connectivity index (χ3n) is 5.36. The lowest BCUT2D eigenvalue weighted by molar-refractivity contribution is -0.154. The molecule has 0 aliphatic carbocycles. The van der Waals surface area contributed by atoms with E-state index in [1.54, 1.807) is 10.5 Å². The zero-order chi connectivity index (χ0) is 16.8. The molecule has 0 N–H and O–H groups in total. The number of fused-ring (bicyclic) bond motifs is 2. The Balaban J connectivity index is 1.50. The Morgan fingerprint density at radius 3 is 2.92 bits per heavy atom. The van der Waals surface area contributed by atoms with E-state index in [0.717, 1.165) is 32.8 Å². The van der Waals surface area contributed by atoms with E-state index in [1.807, 2.05) is 12.3 Å². The highest BCUT2D eigenvalue weighted by molar-refractivity contribution is 7.88. The average molecular weight is 352 g/mol. The summed E-state index contributed by atoms with van der Waals surface area (Å²) in [6.45, 7) is 6.03. The molecule has 132 valence electrons. The van der Waals surface area contributed by atoms with E-state index in [4.69, 9.17) is 4.74 Å². The van der Waals surface area contributed by atoms with Gasteiger partial charge in [0.2, 0.25) is 10.0 Å².